The lowest BCUT2D eigenvalue weighted by Crippen LogP contribution is -2.39. The number of aromatic hydroxyl groups is 2. The molecule has 2 fully saturated rings. The first-order chi connectivity index (χ1) is 28.1. The fourth-order valence-corrected chi connectivity index (χ4v) is 6.44. The summed E-state index contributed by atoms with van der Waals surface area (Å²) in [5.41, 5.74) is 0.417. The van der Waals surface area contributed by atoms with Crippen molar-refractivity contribution in [3.63, 3.8) is 0 Å². The number of halogens is 2. The van der Waals surface area contributed by atoms with Crippen LogP contribution in [0.25, 0.3) is 11.3 Å². The molecule has 300 valence electrons. The maximum absolute atomic E-state index is 13.0. The number of carbonyl (C=O) groups excluding carboxylic acids is 2. The number of carbonyl (C=O) groups is 2. The molecule has 4 N–H and O–H groups in total. The molecule has 58 heavy (non-hydrogen) atoms. The van der Waals surface area contributed by atoms with E-state index in [9.17, 15) is 38.2 Å². The standard InChI is InChI=1S/2C20H19FN4O4/c21-14-5-3-13(4-6-14)12-22-19(27)16-17(26)20(28)25-7-1-2-15(18(25)23-16)24-8-10-29-11-9-24;21-14-6-4-13(5-7-14)12-22-19(27)17-18(26)20(28)25-15(23-17)2-1-3-16(25)24-8-10-29-11-9-24/h2*1-7,26H,8-12H2,(H,22,27). The number of pyridine rings is 2. The monoisotopic (exact) mass is 796 g/mol. The first-order valence-electron chi connectivity index (χ1n) is 18.3. The van der Waals surface area contributed by atoms with Gasteiger partial charge in [0.25, 0.3) is 11.8 Å². The van der Waals surface area contributed by atoms with Gasteiger partial charge in [0, 0.05) is 45.5 Å². The highest BCUT2D eigenvalue weighted by atomic mass is 19.1. The number of fused-ring (bicyclic) bond motifs is 2. The van der Waals surface area contributed by atoms with Gasteiger partial charge in [0.05, 0.1) is 32.1 Å². The molecular formula is C40H38F2N8O8. The predicted molar refractivity (Wildman–Crippen MR) is 207 cm³/mol. The van der Waals surface area contributed by atoms with Gasteiger partial charge in [-0.25, -0.2) is 23.1 Å². The summed E-state index contributed by atoms with van der Waals surface area (Å²) < 4.78 is 39.2. The molecule has 2 aromatic carbocycles. The highest BCUT2D eigenvalue weighted by Crippen LogP contribution is 2.23. The SMILES string of the molecule is O=C(NCc1ccc(F)cc1)c1nc2c(N3CCOCC3)cccn2c(=O)c1O.O=C(NCc1ccc(F)cc1)c1nc2cccc(N3CCOCC3)n2c(=O)c1O. The number of hydrogen-bond donors (Lipinski definition) is 4. The Morgan fingerprint density at radius 1 is 0.655 bits per heavy atom. The molecule has 0 atom stereocenters. The number of nitrogens with one attached hydrogen (secondary N) is 2. The van der Waals surface area contributed by atoms with Crippen molar-refractivity contribution in [2.75, 3.05) is 62.4 Å². The van der Waals surface area contributed by atoms with E-state index in [4.69, 9.17) is 9.47 Å². The van der Waals surface area contributed by atoms with Gasteiger partial charge in [0.1, 0.15) is 23.1 Å². The van der Waals surface area contributed by atoms with Crippen LogP contribution in [0.1, 0.15) is 32.1 Å². The minimum absolute atomic E-state index is 0.102. The van der Waals surface area contributed by atoms with Gasteiger partial charge in [-0.15, -0.1) is 0 Å². The molecule has 8 rings (SSSR count). The van der Waals surface area contributed by atoms with Gasteiger partial charge in [-0.05, 0) is 59.7 Å². The van der Waals surface area contributed by atoms with Crippen molar-refractivity contribution in [3.8, 4) is 11.5 Å². The van der Waals surface area contributed by atoms with Crippen LogP contribution in [0.2, 0.25) is 0 Å². The van der Waals surface area contributed by atoms with E-state index in [-0.39, 0.29) is 47.4 Å². The number of benzene rings is 2. The Bertz CT molecular complexity index is 2570. The molecule has 0 bridgehead atoms. The second-order valence-electron chi connectivity index (χ2n) is 13.2. The third-order valence-corrected chi connectivity index (χ3v) is 9.46. The first kappa shape index (κ1) is 39.3. The van der Waals surface area contributed by atoms with Gasteiger partial charge in [-0.1, -0.05) is 30.3 Å². The Morgan fingerprint density at radius 3 is 1.74 bits per heavy atom. The number of morpholine rings is 2. The van der Waals surface area contributed by atoms with Crippen LogP contribution in [0.3, 0.4) is 0 Å². The van der Waals surface area contributed by atoms with Gasteiger partial charge in [0.2, 0.25) is 11.5 Å². The molecule has 6 heterocycles. The van der Waals surface area contributed by atoms with Crippen molar-refractivity contribution in [2.24, 2.45) is 0 Å². The molecule has 0 saturated carbocycles. The fraction of sp³-hybridized carbons (Fsp3) is 0.250. The number of nitrogens with zero attached hydrogens (tertiary/aromatic N) is 6. The zero-order chi connectivity index (χ0) is 40.8. The largest absolute Gasteiger partial charge is 0.501 e. The van der Waals surface area contributed by atoms with Crippen molar-refractivity contribution in [1.82, 2.24) is 29.4 Å². The minimum Gasteiger partial charge on any atom is -0.501 e. The summed E-state index contributed by atoms with van der Waals surface area (Å²) in [7, 11) is 0. The maximum Gasteiger partial charge on any atom is 0.302 e. The van der Waals surface area contributed by atoms with E-state index in [1.54, 1.807) is 24.3 Å². The average molecular weight is 797 g/mol. The number of aromatic nitrogens is 4. The zero-order valence-electron chi connectivity index (χ0n) is 30.9. The third-order valence-electron chi connectivity index (χ3n) is 9.46. The maximum atomic E-state index is 13.0. The molecule has 2 aliphatic rings. The summed E-state index contributed by atoms with van der Waals surface area (Å²) >= 11 is 0. The Morgan fingerprint density at radius 2 is 1.17 bits per heavy atom. The Labute approximate surface area is 328 Å². The van der Waals surface area contributed by atoms with Crippen LogP contribution in [0, 0.1) is 11.6 Å². The Hall–Kier alpha value is -6.92. The van der Waals surface area contributed by atoms with Gasteiger partial charge < -0.3 is 40.1 Å². The van der Waals surface area contributed by atoms with E-state index in [1.165, 1.54) is 63.5 Å². The Balaban J connectivity index is 0.000000177. The molecule has 18 heteroatoms. The molecule has 0 aliphatic carbocycles. The summed E-state index contributed by atoms with van der Waals surface area (Å²) in [6, 6.07) is 19.9. The molecule has 6 aromatic rings. The molecule has 4 aromatic heterocycles. The molecule has 0 radical (unpaired) electrons. The summed E-state index contributed by atoms with van der Waals surface area (Å²) in [4.78, 5) is 63.0. The van der Waals surface area contributed by atoms with Crippen LogP contribution < -0.4 is 31.6 Å². The van der Waals surface area contributed by atoms with Crippen molar-refractivity contribution in [2.45, 2.75) is 13.1 Å². The molecule has 2 saturated heterocycles. The third kappa shape index (κ3) is 8.57. The van der Waals surface area contributed by atoms with Gasteiger partial charge >= 0.3 is 11.1 Å². The zero-order valence-corrected chi connectivity index (χ0v) is 30.9. The second-order valence-corrected chi connectivity index (χ2v) is 13.2. The first-order valence-corrected chi connectivity index (χ1v) is 18.3. The number of rotatable bonds is 8. The van der Waals surface area contributed by atoms with Crippen LogP contribution in [-0.4, -0.2) is 93.4 Å². The quantitative estimate of drug-likeness (QED) is 0.176. The van der Waals surface area contributed by atoms with Gasteiger partial charge in [0.15, 0.2) is 17.0 Å². The van der Waals surface area contributed by atoms with E-state index in [2.05, 4.69) is 20.6 Å². The van der Waals surface area contributed by atoms with E-state index in [0.29, 0.717) is 75.2 Å². The molecule has 16 nitrogen and oxygen atoms in total. The van der Waals surface area contributed by atoms with Crippen LogP contribution in [0.5, 0.6) is 11.5 Å². The second kappa shape index (κ2) is 17.5. The number of hydrogen-bond acceptors (Lipinski definition) is 12. The van der Waals surface area contributed by atoms with E-state index >= 15 is 0 Å². The van der Waals surface area contributed by atoms with Crippen molar-refractivity contribution >= 4 is 34.6 Å². The summed E-state index contributed by atoms with van der Waals surface area (Å²) in [6.45, 7) is 4.84. The van der Waals surface area contributed by atoms with E-state index < -0.39 is 34.4 Å². The van der Waals surface area contributed by atoms with Gasteiger partial charge in [-0.2, -0.15) is 0 Å². The molecule has 2 amide bonds. The van der Waals surface area contributed by atoms with Crippen molar-refractivity contribution in [1.29, 1.82) is 0 Å². The summed E-state index contributed by atoms with van der Waals surface area (Å²) in [6.07, 6.45) is 1.49. The number of anilines is 2. The molecule has 2 aliphatic heterocycles. The normalized spacial score (nSPS) is 14.2. The highest BCUT2D eigenvalue weighted by molar-refractivity contribution is 5.96. The molecular weight excluding hydrogens is 758 g/mol. The lowest BCUT2D eigenvalue weighted by molar-refractivity contribution is 0.0934. The molecule has 0 unspecified atom stereocenters. The topological polar surface area (TPSA) is 192 Å². The lowest BCUT2D eigenvalue weighted by Gasteiger charge is -2.29. The number of amides is 2. The smallest absolute Gasteiger partial charge is 0.302 e. The van der Waals surface area contributed by atoms with Crippen molar-refractivity contribution in [3.05, 3.63) is 140 Å². The van der Waals surface area contributed by atoms with E-state index in [0.717, 1.165) is 0 Å². The highest BCUT2D eigenvalue weighted by Gasteiger charge is 2.24. The van der Waals surface area contributed by atoms with Crippen LogP contribution >= 0.6 is 0 Å². The lowest BCUT2D eigenvalue weighted by atomic mass is 10.2. The fourth-order valence-electron chi connectivity index (χ4n) is 6.44. The number of ether oxygens (including phenoxy) is 2. The minimum atomic E-state index is -0.725. The van der Waals surface area contributed by atoms with Crippen LogP contribution in [-0.2, 0) is 22.6 Å². The predicted octanol–water partition coefficient (Wildman–Crippen LogP) is 2.61. The van der Waals surface area contributed by atoms with Crippen molar-refractivity contribution < 1.29 is 38.1 Å². The van der Waals surface area contributed by atoms with Crippen LogP contribution in [0.4, 0.5) is 20.3 Å². The Kier molecular flexibility index (Phi) is 11.8. The summed E-state index contributed by atoms with van der Waals surface area (Å²) in [5, 5.41) is 25.8. The summed E-state index contributed by atoms with van der Waals surface area (Å²) in [5.74, 6) is -3.00. The van der Waals surface area contributed by atoms with Gasteiger partial charge in [-0.3, -0.25) is 23.6 Å². The average Bonchev–Trinajstić information content (AvgIpc) is 3.26. The van der Waals surface area contributed by atoms with E-state index in [1.807, 2.05) is 15.9 Å². The van der Waals surface area contributed by atoms with Crippen LogP contribution in [0.15, 0.2) is 94.6 Å². The molecule has 0 spiro atoms.